The highest BCUT2D eigenvalue weighted by Crippen LogP contribution is 2.31. The average Bonchev–Trinajstić information content (AvgIpc) is 2.79. The van der Waals surface area contributed by atoms with Gasteiger partial charge in [0, 0.05) is 43.7 Å². The molecule has 136 valence electrons. The van der Waals surface area contributed by atoms with E-state index in [-0.39, 0.29) is 17.4 Å². The van der Waals surface area contributed by atoms with Gasteiger partial charge in [0.05, 0.1) is 7.11 Å². The number of amides is 2. The van der Waals surface area contributed by atoms with E-state index in [0.29, 0.717) is 31.6 Å². The molecule has 1 aromatic carbocycles. The SMILES string of the molecule is COc1ccc(C(=O)N2CCN(C)[C@@]3(CCNC(=O)CC3)C2)cc1C. The van der Waals surface area contributed by atoms with Gasteiger partial charge >= 0.3 is 0 Å². The highest BCUT2D eigenvalue weighted by atomic mass is 16.5. The molecular weight excluding hydrogens is 318 g/mol. The van der Waals surface area contributed by atoms with Gasteiger partial charge in [0.2, 0.25) is 5.91 Å². The Hall–Kier alpha value is -2.08. The summed E-state index contributed by atoms with van der Waals surface area (Å²) in [5.41, 5.74) is 1.54. The molecule has 25 heavy (non-hydrogen) atoms. The first-order valence-electron chi connectivity index (χ1n) is 8.87. The Morgan fingerprint density at radius 2 is 2.08 bits per heavy atom. The van der Waals surface area contributed by atoms with Gasteiger partial charge in [-0.2, -0.15) is 0 Å². The molecule has 0 radical (unpaired) electrons. The lowest BCUT2D eigenvalue weighted by Crippen LogP contribution is -2.62. The van der Waals surface area contributed by atoms with Crippen LogP contribution in [0.3, 0.4) is 0 Å². The number of ether oxygens (including phenoxy) is 1. The quantitative estimate of drug-likeness (QED) is 0.881. The van der Waals surface area contributed by atoms with Crippen LogP contribution in [0.4, 0.5) is 0 Å². The van der Waals surface area contributed by atoms with Gasteiger partial charge in [-0.15, -0.1) is 0 Å². The average molecular weight is 345 g/mol. The highest BCUT2D eigenvalue weighted by molar-refractivity contribution is 5.94. The predicted molar refractivity (Wildman–Crippen MR) is 95.9 cm³/mol. The van der Waals surface area contributed by atoms with Crippen molar-refractivity contribution in [3.63, 3.8) is 0 Å². The molecule has 0 unspecified atom stereocenters. The highest BCUT2D eigenvalue weighted by Gasteiger charge is 2.42. The lowest BCUT2D eigenvalue weighted by atomic mass is 9.86. The van der Waals surface area contributed by atoms with Crippen molar-refractivity contribution in [1.82, 2.24) is 15.1 Å². The molecule has 2 aliphatic heterocycles. The third-order valence-corrected chi connectivity index (χ3v) is 5.66. The summed E-state index contributed by atoms with van der Waals surface area (Å²) in [5, 5.41) is 2.95. The van der Waals surface area contributed by atoms with Crippen LogP contribution in [0.2, 0.25) is 0 Å². The summed E-state index contributed by atoms with van der Waals surface area (Å²) in [7, 11) is 3.74. The van der Waals surface area contributed by atoms with E-state index < -0.39 is 0 Å². The van der Waals surface area contributed by atoms with Gasteiger partial charge in [-0.3, -0.25) is 14.5 Å². The molecule has 1 atom stereocenters. The van der Waals surface area contributed by atoms with Crippen LogP contribution in [-0.4, -0.2) is 67.5 Å². The summed E-state index contributed by atoms with van der Waals surface area (Å²) in [6.07, 6.45) is 2.19. The molecular formula is C19H27N3O3. The number of nitrogens with zero attached hydrogens (tertiary/aromatic N) is 2. The number of rotatable bonds is 2. The fraction of sp³-hybridized carbons (Fsp3) is 0.579. The standard InChI is InChI=1S/C19H27N3O3/c1-14-12-15(4-5-16(14)25-3)18(24)22-11-10-21(2)19(13-22)7-6-17(23)20-9-8-19/h4-5,12H,6-11,13H2,1-3H3,(H,20,23)/t19-/m0/s1. The fourth-order valence-corrected chi connectivity index (χ4v) is 3.96. The van der Waals surface area contributed by atoms with E-state index in [1.165, 1.54) is 0 Å². The van der Waals surface area contributed by atoms with Crippen molar-refractivity contribution in [2.24, 2.45) is 0 Å². The summed E-state index contributed by atoms with van der Waals surface area (Å²) >= 11 is 0. The van der Waals surface area contributed by atoms with Crippen molar-refractivity contribution in [1.29, 1.82) is 0 Å². The van der Waals surface area contributed by atoms with E-state index in [0.717, 1.165) is 30.7 Å². The number of hydrogen-bond acceptors (Lipinski definition) is 4. The number of aryl methyl sites for hydroxylation is 1. The van der Waals surface area contributed by atoms with Crippen molar-refractivity contribution < 1.29 is 14.3 Å². The second-order valence-corrected chi connectivity index (χ2v) is 7.16. The molecule has 0 aromatic heterocycles. The second-order valence-electron chi connectivity index (χ2n) is 7.16. The minimum atomic E-state index is -0.116. The maximum atomic E-state index is 13.0. The number of hydrogen-bond donors (Lipinski definition) is 1. The molecule has 6 heteroatoms. The van der Waals surface area contributed by atoms with Crippen LogP contribution >= 0.6 is 0 Å². The molecule has 2 aliphatic rings. The van der Waals surface area contributed by atoms with Crippen LogP contribution in [0, 0.1) is 6.92 Å². The molecule has 0 aliphatic carbocycles. The van der Waals surface area contributed by atoms with Gasteiger partial charge in [-0.05, 0) is 50.6 Å². The Balaban J connectivity index is 1.79. The number of benzene rings is 1. The Labute approximate surface area is 149 Å². The van der Waals surface area contributed by atoms with Gasteiger partial charge in [0.25, 0.3) is 5.91 Å². The van der Waals surface area contributed by atoms with Gasteiger partial charge < -0.3 is 15.0 Å². The number of piperazine rings is 1. The van der Waals surface area contributed by atoms with E-state index in [9.17, 15) is 9.59 Å². The normalized spacial score (nSPS) is 24.8. The molecule has 2 amide bonds. The zero-order chi connectivity index (χ0) is 18.0. The Kier molecular flexibility index (Phi) is 4.99. The number of carbonyl (C=O) groups excluding carboxylic acids is 2. The summed E-state index contributed by atoms with van der Waals surface area (Å²) < 4.78 is 5.28. The Morgan fingerprint density at radius 3 is 2.80 bits per heavy atom. The van der Waals surface area contributed by atoms with Crippen molar-refractivity contribution >= 4 is 11.8 Å². The van der Waals surface area contributed by atoms with Crippen LogP contribution in [0.5, 0.6) is 5.75 Å². The minimum Gasteiger partial charge on any atom is -0.496 e. The van der Waals surface area contributed by atoms with Crippen LogP contribution in [0.1, 0.15) is 35.2 Å². The number of methoxy groups -OCH3 is 1. The van der Waals surface area contributed by atoms with Gasteiger partial charge in [-0.1, -0.05) is 0 Å². The van der Waals surface area contributed by atoms with Crippen LogP contribution < -0.4 is 10.1 Å². The minimum absolute atomic E-state index is 0.0572. The van der Waals surface area contributed by atoms with E-state index in [4.69, 9.17) is 4.74 Å². The van der Waals surface area contributed by atoms with E-state index in [1.807, 2.05) is 30.0 Å². The van der Waals surface area contributed by atoms with Crippen LogP contribution in [0.25, 0.3) is 0 Å². The first kappa shape index (κ1) is 17.7. The van der Waals surface area contributed by atoms with E-state index in [1.54, 1.807) is 7.11 Å². The van der Waals surface area contributed by atoms with Gasteiger partial charge in [0.1, 0.15) is 5.75 Å². The van der Waals surface area contributed by atoms with Crippen LogP contribution in [0.15, 0.2) is 18.2 Å². The number of nitrogens with one attached hydrogen (secondary N) is 1. The monoisotopic (exact) mass is 345 g/mol. The molecule has 1 aromatic rings. The topological polar surface area (TPSA) is 61.9 Å². The Bertz CT molecular complexity index is 676. The lowest BCUT2D eigenvalue weighted by Gasteiger charge is -2.49. The first-order chi connectivity index (χ1) is 11.9. The van der Waals surface area contributed by atoms with Crippen molar-refractivity contribution in [3.05, 3.63) is 29.3 Å². The van der Waals surface area contributed by atoms with Gasteiger partial charge in [-0.25, -0.2) is 0 Å². The number of likely N-dealkylation sites (N-methyl/N-ethyl adjacent to an activating group) is 1. The van der Waals surface area contributed by atoms with Crippen molar-refractivity contribution in [2.75, 3.05) is 40.3 Å². The summed E-state index contributed by atoms with van der Waals surface area (Å²) in [4.78, 5) is 29.0. The molecule has 2 heterocycles. The smallest absolute Gasteiger partial charge is 0.253 e. The maximum Gasteiger partial charge on any atom is 0.253 e. The lowest BCUT2D eigenvalue weighted by molar-refractivity contribution is -0.121. The summed E-state index contributed by atoms with van der Waals surface area (Å²) in [6, 6.07) is 5.57. The molecule has 6 nitrogen and oxygen atoms in total. The number of carbonyl (C=O) groups is 2. The third kappa shape index (κ3) is 3.49. The molecule has 2 saturated heterocycles. The first-order valence-corrected chi connectivity index (χ1v) is 8.87. The zero-order valence-electron chi connectivity index (χ0n) is 15.3. The molecule has 0 bridgehead atoms. The second kappa shape index (κ2) is 7.04. The van der Waals surface area contributed by atoms with Gasteiger partial charge in [0.15, 0.2) is 0 Å². The zero-order valence-corrected chi connectivity index (χ0v) is 15.3. The molecule has 0 saturated carbocycles. The molecule has 1 N–H and O–H groups in total. The Morgan fingerprint density at radius 1 is 1.28 bits per heavy atom. The third-order valence-electron chi connectivity index (χ3n) is 5.66. The van der Waals surface area contributed by atoms with E-state index >= 15 is 0 Å². The van der Waals surface area contributed by atoms with Crippen molar-refractivity contribution in [3.8, 4) is 5.75 Å². The van der Waals surface area contributed by atoms with Crippen LogP contribution in [-0.2, 0) is 4.79 Å². The maximum absolute atomic E-state index is 13.0. The molecule has 3 rings (SSSR count). The summed E-state index contributed by atoms with van der Waals surface area (Å²) in [6.45, 7) is 4.83. The predicted octanol–water partition coefficient (Wildman–Crippen LogP) is 1.43. The van der Waals surface area contributed by atoms with Crippen molar-refractivity contribution in [2.45, 2.75) is 31.7 Å². The van der Waals surface area contributed by atoms with E-state index in [2.05, 4.69) is 17.3 Å². The summed E-state index contributed by atoms with van der Waals surface area (Å²) in [5.74, 6) is 0.959. The molecule has 2 fully saturated rings. The molecule has 1 spiro atoms. The fourth-order valence-electron chi connectivity index (χ4n) is 3.96. The largest absolute Gasteiger partial charge is 0.496 e.